The van der Waals surface area contributed by atoms with E-state index >= 15 is 0 Å². The van der Waals surface area contributed by atoms with E-state index in [2.05, 4.69) is 17.6 Å². The first kappa shape index (κ1) is 17.8. The molecule has 1 aromatic carbocycles. The molecule has 5 heteroatoms. The Kier molecular flexibility index (Phi) is 6.49. The standard InChI is InChI=1S/C16H24N2O2.ClH/c1-4-16(9-6-10-17-16)15(19)18-12(2)13-7-5-8-14(11-13)20-3;/h5,7-8,11-12,17H,4,6,9-10H2,1-3H3,(H,18,19);1H. The van der Waals surface area contributed by atoms with Crippen LogP contribution in [0.4, 0.5) is 0 Å². The molecule has 1 fully saturated rings. The normalized spacial score (nSPS) is 22.2. The van der Waals surface area contributed by atoms with Gasteiger partial charge in [-0.1, -0.05) is 19.1 Å². The molecular formula is C16H25ClN2O2. The van der Waals surface area contributed by atoms with Crippen molar-refractivity contribution >= 4 is 18.3 Å². The van der Waals surface area contributed by atoms with E-state index < -0.39 is 0 Å². The molecule has 118 valence electrons. The van der Waals surface area contributed by atoms with Crippen LogP contribution in [0, 0.1) is 0 Å². The van der Waals surface area contributed by atoms with Gasteiger partial charge in [0.05, 0.1) is 18.7 Å². The zero-order valence-electron chi connectivity index (χ0n) is 12.9. The fourth-order valence-electron chi connectivity index (χ4n) is 2.79. The monoisotopic (exact) mass is 312 g/mol. The summed E-state index contributed by atoms with van der Waals surface area (Å²) in [5, 5.41) is 6.49. The first-order chi connectivity index (χ1) is 9.61. The molecule has 1 heterocycles. The van der Waals surface area contributed by atoms with Crippen LogP contribution in [-0.2, 0) is 4.79 Å². The van der Waals surface area contributed by atoms with Gasteiger partial charge in [-0.05, 0) is 50.4 Å². The van der Waals surface area contributed by atoms with E-state index in [1.54, 1.807) is 7.11 Å². The van der Waals surface area contributed by atoms with Crippen molar-refractivity contribution in [2.75, 3.05) is 13.7 Å². The van der Waals surface area contributed by atoms with Crippen LogP contribution in [0.15, 0.2) is 24.3 Å². The van der Waals surface area contributed by atoms with Crippen molar-refractivity contribution in [1.29, 1.82) is 0 Å². The molecule has 1 aliphatic heterocycles. The van der Waals surface area contributed by atoms with Gasteiger partial charge in [0.15, 0.2) is 0 Å². The molecule has 2 N–H and O–H groups in total. The Morgan fingerprint density at radius 1 is 1.52 bits per heavy atom. The molecule has 21 heavy (non-hydrogen) atoms. The fraction of sp³-hybridized carbons (Fsp3) is 0.562. The van der Waals surface area contributed by atoms with Gasteiger partial charge in [0.25, 0.3) is 0 Å². The van der Waals surface area contributed by atoms with Crippen molar-refractivity contribution in [3.63, 3.8) is 0 Å². The molecule has 0 aromatic heterocycles. The number of benzene rings is 1. The van der Waals surface area contributed by atoms with Gasteiger partial charge >= 0.3 is 0 Å². The Balaban J connectivity index is 0.00000220. The number of ether oxygens (including phenoxy) is 1. The first-order valence-corrected chi connectivity index (χ1v) is 7.31. The Bertz CT molecular complexity index is 473. The highest BCUT2D eigenvalue weighted by Gasteiger charge is 2.39. The van der Waals surface area contributed by atoms with E-state index in [0.29, 0.717) is 0 Å². The third-order valence-corrected chi connectivity index (χ3v) is 4.22. The minimum absolute atomic E-state index is 0. The zero-order valence-corrected chi connectivity index (χ0v) is 13.8. The number of nitrogens with one attached hydrogen (secondary N) is 2. The number of methoxy groups -OCH3 is 1. The summed E-state index contributed by atoms with van der Waals surface area (Å²) in [6.45, 7) is 4.99. The minimum Gasteiger partial charge on any atom is -0.497 e. The summed E-state index contributed by atoms with van der Waals surface area (Å²) in [4.78, 5) is 12.5. The summed E-state index contributed by atoms with van der Waals surface area (Å²) in [7, 11) is 1.65. The van der Waals surface area contributed by atoms with Crippen molar-refractivity contribution in [1.82, 2.24) is 10.6 Å². The number of carbonyl (C=O) groups excluding carboxylic acids is 1. The Morgan fingerprint density at radius 3 is 2.86 bits per heavy atom. The molecule has 1 saturated heterocycles. The number of halogens is 1. The molecule has 1 aromatic rings. The molecular weight excluding hydrogens is 288 g/mol. The van der Waals surface area contributed by atoms with Gasteiger partial charge in [0.1, 0.15) is 5.75 Å². The zero-order chi connectivity index (χ0) is 14.6. The molecule has 2 atom stereocenters. The minimum atomic E-state index is -0.382. The van der Waals surface area contributed by atoms with Gasteiger partial charge in [-0.2, -0.15) is 0 Å². The average Bonchev–Trinajstić information content (AvgIpc) is 2.97. The van der Waals surface area contributed by atoms with Crippen LogP contribution in [0.3, 0.4) is 0 Å². The van der Waals surface area contributed by atoms with Crippen LogP contribution in [0.5, 0.6) is 5.75 Å². The highest BCUT2D eigenvalue weighted by molar-refractivity contribution is 5.87. The van der Waals surface area contributed by atoms with E-state index in [1.165, 1.54) is 0 Å². The van der Waals surface area contributed by atoms with E-state index in [0.717, 1.165) is 37.1 Å². The number of hydrogen-bond acceptors (Lipinski definition) is 3. The largest absolute Gasteiger partial charge is 0.497 e. The molecule has 4 nitrogen and oxygen atoms in total. The number of carbonyl (C=O) groups is 1. The van der Waals surface area contributed by atoms with Gasteiger partial charge in [-0.25, -0.2) is 0 Å². The maximum Gasteiger partial charge on any atom is 0.240 e. The maximum atomic E-state index is 12.5. The highest BCUT2D eigenvalue weighted by atomic mass is 35.5. The summed E-state index contributed by atoms with van der Waals surface area (Å²) in [5.41, 5.74) is 0.676. The second-order valence-corrected chi connectivity index (χ2v) is 5.44. The van der Waals surface area contributed by atoms with Crippen molar-refractivity contribution in [3.05, 3.63) is 29.8 Å². The molecule has 0 radical (unpaired) electrons. The Morgan fingerprint density at radius 2 is 2.29 bits per heavy atom. The third-order valence-electron chi connectivity index (χ3n) is 4.22. The topological polar surface area (TPSA) is 50.4 Å². The lowest BCUT2D eigenvalue weighted by atomic mass is 9.92. The predicted molar refractivity (Wildman–Crippen MR) is 87.1 cm³/mol. The molecule has 0 spiro atoms. The number of amides is 1. The maximum absolute atomic E-state index is 12.5. The van der Waals surface area contributed by atoms with E-state index in [9.17, 15) is 4.79 Å². The van der Waals surface area contributed by atoms with Gasteiger partial charge < -0.3 is 15.4 Å². The summed E-state index contributed by atoms with van der Waals surface area (Å²) in [6, 6.07) is 7.80. The summed E-state index contributed by atoms with van der Waals surface area (Å²) in [5.74, 6) is 0.917. The van der Waals surface area contributed by atoms with E-state index in [4.69, 9.17) is 4.74 Å². The van der Waals surface area contributed by atoms with Crippen molar-refractivity contribution < 1.29 is 9.53 Å². The van der Waals surface area contributed by atoms with Crippen LogP contribution in [0.25, 0.3) is 0 Å². The van der Waals surface area contributed by atoms with Crippen LogP contribution in [-0.4, -0.2) is 25.1 Å². The highest BCUT2D eigenvalue weighted by Crippen LogP contribution is 2.25. The Labute approximate surface area is 133 Å². The van der Waals surface area contributed by atoms with Crippen molar-refractivity contribution in [3.8, 4) is 5.75 Å². The molecule has 2 unspecified atom stereocenters. The summed E-state index contributed by atoms with van der Waals surface area (Å²) >= 11 is 0. The number of rotatable bonds is 5. The summed E-state index contributed by atoms with van der Waals surface area (Å²) in [6.07, 6.45) is 2.80. The SMILES string of the molecule is CCC1(C(=O)NC(C)c2cccc(OC)c2)CCCN1.Cl. The lowest BCUT2D eigenvalue weighted by Gasteiger charge is -2.28. The van der Waals surface area contributed by atoms with Crippen molar-refractivity contribution in [2.24, 2.45) is 0 Å². The fourth-order valence-corrected chi connectivity index (χ4v) is 2.79. The van der Waals surface area contributed by atoms with Gasteiger partial charge in [-0.15, -0.1) is 12.4 Å². The predicted octanol–water partition coefficient (Wildman–Crippen LogP) is 2.83. The van der Waals surface area contributed by atoms with Crippen LogP contribution < -0.4 is 15.4 Å². The quantitative estimate of drug-likeness (QED) is 0.879. The van der Waals surface area contributed by atoms with Crippen molar-refractivity contribution in [2.45, 2.75) is 44.7 Å². The van der Waals surface area contributed by atoms with Gasteiger partial charge in [-0.3, -0.25) is 4.79 Å². The lowest BCUT2D eigenvalue weighted by molar-refractivity contribution is -0.128. The molecule has 0 aliphatic carbocycles. The molecule has 2 rings (SSSR count). The molecule has 0 bridgehead atoms. The van der Waals surface area contributed by atoms with E-state index in [-0.39, 0.29) is 29.9 Å². The Hall–Kier alpha value is -1.26. The van der Waals surface area contributed by atoms with Gasteiger partial charge in [0.2, 0.25) is 5.91 Å². The second-order valence-electron chi connectivity index (χ2n) is 5.44. The lowest BCUT2D eigenvalue weighted by Crippen LogP contribution is -2.53. The molecule has 1 amide bonds. The summed E-state index contributed by atoms with van der Waals surface area (Å²) < 4.78 is 5.23. The van der Waals surface area contributed by atoms with Crippen LogP contribution in [0.1, 0.15) is 44.7 Å². The van der Waals surface area contributed by atoms with Crippen LogP contribution in [0.2, 0.25) is 0 Å². The molecule has 0 saturated carbocycles. The van der Waals surface area contributed by atoms with Gasteiger partial charge in [0, 0.05) is 0 Å². The smallest absolute Gasteiger partial charge is 0.240 e. The number of hydrogen-bond donors (Lipinski definition) is 2. The molecule has 1 aliphatic rings. The van der Waals surface area contributed by atoms with E-state index in [1.807, 2.05) is 31.2 Å². The third kappa shape index (κ3) is 3.89. The van der Waals surface area contributed by atoms with Crippen LogP contribution >= 0.6 is 12.4 Å². The first-order valence-electron chi connectivity index (χ1n) is 7.31. The second kappa shape index (κ2) is 7.66. The average molecular weight is 313 g/mol.